The van der Waals surface area contributed by atoms with Crippen molar-refractivity contribution in [3.63, 3.8) is 0 Å². The Bertz CT molecular complexity index is 2000. The number of ether oxygens (including phenoxy) is 7. The van der Waals surface area contributed by atoms with E-state index in [1.165, 1.54) is 10.4 Å². The maximum absolute atomic E-state index is 7.35. The minimum atomic E-state index is -2.90. The van der Waals surface area contributed by atoms with E-state index >= 15 is 0 Å². The normalized spacial score (nSPS) is 22.0. The first kappa shape index (κ1) is 42.3. The third-order valence-corrected chi connectivity index (χ3v) is 15.7. The van der Waals surface area contributed by atoms with Gasteiger partial charge in [-0.1, -0.05) is 172 Å². The summed E-state index contributed by atoms with van der Waals surface area (Å²) < 4.78 is 52.8. The Labute approximate surface area is 350 Å². The molecule has 0 aromatic heterocycles. The Morgan fingerprint density at radius 1 is 0.559 bits per heavy atom. The van der Waals surface area contributed by atoms with Gasteiger partial charge in [0, 0.05) is 13.2 Å². The maximum atomic E-state index is 7.35. The second-order valence-corrected chi connectivity index (χ2v) is 20.2. The summed E-state index contributed by atoms with van der Waals surface area (Å²) in [5.41, 5.74) is 3.16. The molecule has 0 aliphatic carbocycles. The van der Waals surface area contributed by atoms with Crippen molar-refractivity contribution in [1.29, 1.82) is 0 Å². The van der Waals surface area contributed by atoms with Crippen molar-refractivity contribution >= 4 is 18.7 Å². The standard InChI is InChI=1S/C50H56O8Si/c1-50(2,3)59(41-26-16-8-17-27-41,42-28-18-9-19-29-42)55-37-45-43(30-31-47(51-4)57-45)56-48-32-44(53-34-39-22-12-6-13-23-39)49(54-35-40-24-14-7-15-25-40)46(58-48)36-52-33-38-20-10-5-11-21-38/h5-32,43-47,49H,33-37H2,1-4H3/t43-,44+,45?,46?,47-,49-/m0/s1. The quantitative estimate of drug-likeness (QED) is 0.0645. The van der Waals surface area contributed by atoms with Crippen LogP contribution in [0.2, 0.25) is 5.04 Å². The van der Waals surface area contributed by atoms with Crippen LogP contribution in [0, 0.1) is 0 Å². The lowest BCUT2D eigenvalue weighted by Crippen LogP contribution is -2.67. The van der Waals surface area contributed by atoms with Crippen molar-refractivity contribution in [3.8, 4) is 0 Å². The molecule has 0 amide bonds. The summed E-state index contributed by atoms with van der Waals surface area (Å²) in [5.74, 6) is 0.306. The van der Waals surface area contributed by atoms with E-state index in [1.54, 1.807) is 7.11 Å². The molecule has 5 aromatic rings. The number of benzene rings is 5. The molecule has 2 aliphatic rings. The maximum Gasteiger partial charge on any atom is 0.278 e. The second-order valence-electron chi connectivity index (χ2n) is 15.9. The third kappa shape index (κ3) is 10.9. The first-order chi connectivity index (χ1) is 28.8. The molecule has 2 aliphatic heterocycles. The van der Waals surface area contributed by atoms with Gasteiger partial charge in [-0.3, -0.25) is 0 Å². The van der Waals surface area contributed by atoms with Crippen molar-refractivity contribution < 1.29 is 37.6 Å². The van der Waals surface area contributed by atoms with Crippen LogP contribution in [0.15, 0.2) is 176 Å². The molecule has 5 aromatic carbocycles. The fourth-order valence-electron chi connectivity index (χ4n) is 7.74. The van der Waals surface area contributed by atoms with E-state index in [2.05, 4.69) is 69.3 Å². The van der Waals surface area contributed by atoms with E-state index in [0.717, 1.165) is 16.7 Å². The van der Waals surface area contributed by atoms with Crippen LogP contribution >= 0.6 is 0 Å². The first-order valence-electron chi connectivity index (χ1n) is 20.4. The van der Waals surface area contributed by atoms with Crippen LogP contribution in [0.3, 0.4) is 0 Å². The highest BCUT2D eigenvalue weighted by molar-refractivity contribution is 6.99. The molecule has 0 spiro atoms. The summed E-state index contributed by atoms with van der Waals surface area (Å²) in [5, 5.41) is 2.14. The van der Waals surface area contributed by atoms with Gasteiger partial charge in [0.1, 0.15) is 24.4 Å². The highest BCUT2D eigenvalue weighted by atomic mass is 28.4. The second kappa shape index (κ2) is 20.4. The molecule has 0 radical (unpaired) electrons. The van der Waals surface area contributed by atoms with Crippen molar-refractivity contribution in [2.45, 2.75) is 82.4 Å². The minimum absolute atomic E-state index is 0.225. The van der Waals surface area contributed by atoms with Crippen molar-refractivity contribution in [2.24, 2.45) is 0 Å². The summed E-state index contributed by atoms with van der Waals surface area (Å²) in [7, 11) is -1.27. The monoisotopic (exact) mass is 812 g/mol. The molecule has 0 fully saturated rings. The Hall–Kier alpha value is -4.84. The highest BCUT2D eigenvalue weighted by Crippen LogP contribution is 2.38. The van der Waals surface area contributed by atoms with Crippen molar-refractivity contribution in [1.82, 2.24) is 0 Å². The molecule has 0 saturated carbocycles. The van der Waals surface area contributed by atoms with Gasteiger partial charge in [0.25, 0.3) is 14.3 Å². The van der Waals surface area contributed by atoms with Crippen molar-refractivity contribution in [2.75, 3.05) is 20.3 Å². The van der Waals surface area contributed by atoms with E-state index in [4.69, 9.17) is 37.6 Å². The number of hydrogen-bond donors (Lipinski definition) is 0. The van der Waals surface area contributed by atoms with Gasteiger partial charge < -0.3 is 37.6 Å². The Balaban J connectivity index is 1.18. The topological polar surface area (TPSA) is 73.8 Å². The van der Waals surface area contributed by atoms with Crippen LogP contribution in [0.25, 0.3) is 0 Å². The van der Waals surface area contributed by atoms with Gasteiger partial charge in [0.05, 0.1) is 33.0 Å². The number of rotatable bonds is 18. The van der Waals surface area contributed by atoms with Crippen molar-refractivity contribution in [3.05, 3.63) is 193 Å². The molecule has 0 saturated heterocycles. The molecular formula is C50H56O8Si. The van der Waals surface area contributed by atoms with Gasteiger partial charge >= 0.3 is 0 Å². The first-order valence-corrected chi connectivity index (χ1v) is 22.3. The van der Waals surface area contributed by atoms with E-state index in [-0.39, 0.29) is 18.3 Å². The van der Waals surface area contributed by atoms with Crippen LogP contribution in [-0.2, 0) is 57.4 Å². The molecule has 59 heavy (non-hydrogen) atoms. The summed E-state index contributed by atoms with van der Waals surface area (Å²) in [6.45, 7) is 8.44. The van der Waals surface area contributed by atoms with Gasteiger partial charge in [-0.15, -0.1) is 0 Å². The van der Waals surface area contributed by atoms with Gasteiger partial charge in [-0.05, 0) is 44.3 Å². The highest BCUT2D eigenvalue weighted by Gasteiger charge is 2.51. The van der Waals surface area contributed by atoms with Gasteiger partial charge in [-0.2, -0.15) is 0 Å². The molecule has 308 valence electrons. The van der Waals surface area contributed by atoms with Crippen LogP contribution < -0.4 is 10.4 Å². The van der Waals surface area contributed by atoms with Crippen LogP contribution in [0.1, 0.15) is 37.5 Å². The van der Waals surface area contributed by atoms with Gasteiger partial charge in [0.2, 0.25) is 0 Å². The van der Waals surface area contributed by atoms with Gasteiger partial charge in [-0.25, -0.2) is 0 Å². The zero-order valence-electron chi connectivity index (χ0n) is 34.4. The lowest BCUT2D eigenvalue weighted by atomic mass is 10.0. The number of methoxy groups -OCH3 is 1. The predicted molar refractivity (Wildman–Crippen MR) is 232 cm³/mol. The molecule has 2 heterocycles. The fraction of sp³-hybridized carbons (Fsp3) is 0.320. The van der Waals surface area contributed by atoms with E-state index in [1.807, 2.05) is 121 Å². The average Bonchev–Trinajstić information content (AvgIpc) is 3.27. The van der Waals surface area contributed by atoms with Crippen LogP contribution in [0.4, 0.5) is 0 Å². The van der Waals surface area contributed by atoms with Crippen LogP contribution in [0.5, 0.6) is 0 Å². The molecule has 2 unspecified atom stereocenters. The van der Waals surface area contributed by atoms with Crippen LogP contribution in [-0.4, -0.2) is 65.5 Å². The fourth-order valence-corrected chi connectivity index (χ4v) is 12.3. The molecule has 6 atom stereocenters. The summed E-state index contributed by atoms with van der Waals surface area (Å²) in [4.78, 5) is 0. The smallest absolute Gasteiger partial charge is 0.278 e. The molecular weight excluding hydrogens is 757 g/mol. The number of hydrogen-bond acceptors (Lipinski definition) is 8. The third-order valence-electron chi connectivity index (χ3n) is 10.7. The average molecular weight is 813 g/mol. The molecule has 0 bridgehead atoms. The Morgan fingerprint density at radius 3 is 1.59 bits per heavy atom. The Kier molecular flexibility index (Phi) is 14.6. The Morgan fingerprint density at radius 2 is 1.07 bits per heavy atom. The van der Waals surface area contributed by atoms with E-state index in [9.17, 15) is 0 Å². The SMILES string of the molecule is CO[C@@H]1C=C[C@H](OC2=C[C@@H](OCc3ccccc3)[C@H](OCc3ccccc3)C(COCc3ccccc3)O2)C(CO[Si](c2ccccc2)(c2ccccc2)C(C)(C)C)O1. The zero-order valence-corrected chi connectivity index (χ0v) is 35.4. The molecule has 8 nitrogen and oxygen atoms in total. The predicted octanol–water partition coefficient (Wildman–Crippen LogP) is 8.50. The zero-order chi connectivity index (χ0) is 40.9. The lowest BCUT2D eigenvalue weighted by Gasteiger charge is -2.44. The molecule has 0 N–H and O–H groups in total. The largest absolute Gasteiger partial charge is 0.457 e. The lowest BCUT2D eigenvalue weighted by molar-refractivity contribution is -0.201. The molecule has 9 heteroatoms. The summed E-state index contributed by atoms with van der Waals surface area (Å²) in [6.07, 6.45) is 2.43. The van der Waals surface area contributed by atoms with E-state index in [0.29, 0.717) is 25.8 Å². The summed E-state index contributed by atoms with van der Waals surface area (Å²) in [6, 6.07) is 51.5. The summed E-state index contributed by atoms with van der Waals surface area (Å²) >= 11 is 0. The molecule has 7 rings (SSSR count). The van der Waals surface area contributed by atoms with Gasteiger partial charge in [0.15, 0.2) is 12.4 Å². The van der Waals surface area contributed by atoms with E-state index < -0.39 is 45.1 Å². The minimum Gasteiger partial charge on any atom is -0.457 e.